The summed E-state index contributed by atoms with van der Waals surface area (Å²) in [5.74, 6) is 0. The highest BCUT2D eigenvalue weighted by Gasteiger charge is 2.24. The van der Waals surface area contributed by atoms with Crippen LogP contribution in [0.15, 0.2) is 0 Å². The third-order valence-electron chi connectivity index (χ3n) is 4.16. The molecule has 0 aliphatic rings. The summed E-state index contributed by atoms with van der Waals surface area (Å²) < 4.78 is 0. The van der Waals surface area contributed by atoms with Gasteiger partial charge in [0.05, 0.1) is 7.11 Å². The van der Waals surface area contributed by atoms with E-state index in [-0.39, 0.29) is 0 Å². The summed E-state index contributed by atoms with van der Waals surface area (Å²) in [7, 11) is 2.71. The molecular formula is C16H36BNO. The van der Waals surface area contributed by atoms with Crippen molar-refractivity contribution in [3.05, 3.63) is 0 Å². The third-order valence-corrected chi connectivity index (χ3v) is 4.16. The van der Waals surface area contributed by atoms with E-state index < -0.39 is 0 Å². The summed E-state index contributed by atoms with van der Waals surface area (Å²) in [6.07, 6.45) is 15.0. The van der Waals surface area contributed by atoms with Crippen molar-refractivity contribution in [2.45, 2.75) is 96.7 Å². The van der Waals surface area contributed by atoms with Crippen molar-refractivity contribution in [1.29, 1.82) is 0 Å². The van der Waals surface area contributed by atoms with Crippen LogP contribution in [0, 0.1) is 0 Å². The largest absolute Gasteiger partial charge is 0.317 e. The lowest BCUT2D eigenvalue weighted by atomic mass is 9.57. The second-order valence-electron chi connectivity index (χ2n) is 6.31. The number of rotatable bonds is 14. The Bertz CT molecular complexity index is 190. The first-order valence-electron chi connectivity index (χ1n) is 8.44. The molecule has 0 aromatic rings. The maximum atomic E-state index is 5.06. The summed E-state index contributed by atoms with van der Waals surface area (Å²) in [5, 5.41) is 3.49. The normalized spacial score (nSPS) is 14.3. The zero-order chi connectivity index (χ0) is 14.4. The topological polar surface area (TPSA) is 21.3 Å². The fourth-order valence-corrected chi connectivity index (χ4v) is 2.68. The first kappa shape index (κ1) is 19.0. The van der Waals surface area contributed by atoms with Crippen LogP contribution in [0.2, 0.25) is 5.31 Å². The molecule has 2 nitrogen and oxygen atoms in total. The molecule has 0 bridgehead atoms. The van der Waals surface area contributed by atoms with Crippen LogP contribution < -0.4 is 5.39 Å². The molecule has 0 radical (unpaired) electrons. The van der Waals surface area contributed by atoms with Gasteiger partial charge in [-0.25, -0.2) is 5.39 Å². The van der Waals surface area contributed by atoms with E-state index in [4.69, 9.17) is 4.84 Å². The van der Waals surface area contributed by atoms with Gasteiger partial charge in [-0.15, -0.1) is 0 Å². The molecular weight excluding hydrogens is 233 g/mol. The molecule has 1 N–H and O–H groups in total. The number of hydrogen-bond acceptors (Lipinski definition) is 2. The van der Waals surface area contributed by atoms with Crippen LogP contribution in [0.3, 0.4) is 0 Å². The van der Waals surface area contributed by atoms with E-state index in [2.05, 4.69) is 26.2 Å². The van der Waals surface area contributed by atoms with Crippen LogP contribution >= 0.6 is 0 Å². The van der Waals surface area contributed by atoms with E-state index in [9.17, 15) is 0 Å². The van der Waals surface area contributed by atoms with Crippen molar-refractivity contribution in [2.24, 2.45) is 0 Å². The molecule has 0 aliphatic carbocycles. The van der Waals surface area contributed by atoms with E-state index in [1.807, 2.05) is 0 Å². The Morgan fingerprint density at radius 1 is 0.842 bits per heavy atom. The Morgan fingerprint density at radius 2 is 1.32 bits per heavy atom. The van der Waals surface area contributed by atoms with E-state index >= 15 is 0 Å². The molecule has 0 spiro atoms. The molecule has 0 aromatic heterocycles. The van der Waals surface area contributed by atoms with Gasteiger partial charge in [0.2, 0.25) is 7.41 Å². The fraction of sp³-hybridized carbons (Fsp3) is 1.00. The standard InChI is InChI=1S/C16H36BNO/c1-5-7-9-11-13-15-16(3,17-18-19-4)14-12-10-8-6-2/h17-18H,5-15H2,1-4H3. The van der Waals surface area contributed by atoms with Crippen LogP contribution in [0.4, 0.5) is 0 Å². The molecule has 0 aliphatic heterocycles. The van der Waals surface area contributed by atoms with Gasteiger partial charge in [0, 0.05) is 0 Å². The smallest absolute Gasteiger partial charge is 0.240 e. The van der Waals surface area contributed by atoms with Crippen molar-refractivity contribution < 1.29 is 4.84 Å². The van der Waals surface area contributed by atoms with Gasteiger partial charge in [0.1, 0.15) is 0 Å². The third kappa shape index (κ3) is 11.5. The van der Waals surface area contributed by atoms with E-state index in [1.54, 1.807) is 7.11 Å². The minimum Gasteiger partial charge on any atom is -0.317 e. The second kappa shape index (κ2) is 13.0. The van der Waals surface area contributed by atoms with Crippen LogP contribution in [0.25, 0.3) is 0 Å². The highest BCUT2D eigenvalue weighted by atomic mass is 16.6. The monoisotopic (exact) mass is 269 g/mol. The van der Waals surface area contributed by atoms with E-state index in [1.165, 1.54) is 70.6 Å². The van der Waals surface area contributed by atoms with Gasteiger partial charge >= 0.3 is 0 Å². The molecule has 114 valence electrons. The Kier molecular flexibility index (Phi) is 13.0. The van der Waals surface area contributed by atoms with Gasteiger partial charge in [-0.3, -0.25) is 0 Å². The van der Waals surface area contributed by atoms with Gasteiger partial charge in [0.25, 0.3) is 0 Å². The molecule has 3 heteroatoms. The summed E-state index contributed by atoms with van der Waals surface area (Å²) in [6.45, 7) is 6.98. The first-order valence-corrected chi connectivity index (χ1v) is 8.44. The Balaban J connectivity index is 3.88. The van der Waals surface area contributed by atoms with E-state index in [0.29, 0.717) is 5.31 Å². The SMILES string of the molecule is CCCCCCCC(C)(BNOC)CCCCCC. The maximum Gasteiger partial charge on any atom is 0.240 e. The van der Waals surface area contributed by atoms with E-state index in [0.717, 1.165) is 7.41 Å². The molecule has 0 fully saturated rings. The van der Waals surface area contributed by atoms with Gasteiger partial charge in [0.15, 0.2) is 0 Å². The molecule has 1 atom stereocenters. The quantitative estimate of drug-likeness (QED) is 0.272. The second-order valence-corrected chi connectivity index (χ2v) is 6.31. The van der Waals surface area contributed by atoms with Crippen LogP contribution in [0.1, 0.15) is 91.4 Å². The molecule has 0 amide bonds. The summed E-state index contributed by atoms with van der Waals surface area (Å²) in [6, 6.07) is 0. The molecule has 1 unspecified atom stereocenters. The lowest BCUT2D eigenvalue weighted by molar-refractivity contribution is 0.149. The molecule has 0 saturated carbocycles. The lowest BCUT2D eigenvalue weighted by Gasteiger charge is -2.28. The highest BCUT2D eigenvalue weighted by Crippen LogP contribution is 2.36. The molecule has 19 heavy (non-hydrogen) atoms. The predicted octanol–water partition coefficient (Wildman–Crippen LogP) is 5.00. The Morgan fingerprint density at radius 3 is 1.79 bits per heavy atom. The van der Waals surface area contributed by atoms with Crippen molar-refractivity contribution in [2.75, 3.05) is 7.11 Å². The maximum absolute atomic E-state index is 5.06. The number of unbranched alkanes of at least 4 members (excludes halogenated alkanes) is 7. The predicted molar refractivity (Wildman–Crippen MR) is 87.8 cm³/mol. The summed E-state index contributed by atoms with van der Waals surface area (Å²) in [4.78, 5) is 5.06. The van der Waals surface area contributed by atoms with Crippen LogP contribution in [-0.4, -0.2) is 14.5 Å². The van der Waals surface area contributed by atoms with Crippen LogP contribution in [-0.2, 0) is 4.84 Å². The Labute approximate surface area is 122 Å². The first-order chi connectivity index (χ1) is 9.18. The minimum absolute atomic E-state index is 0.413. The zero-order valence-electron chi connectivity index (χ0n) is 13.9. The van der Waals surface area contributed by atoms with Crippen molar-refractivity contribution in [1.82, 2.24) is 5.39 Å². The van der Waals surface area contributed by atoms with Gasteiger partial charge in [-0.2, -0.15) is 0 Å². The molecule has 0 heterocycles. The number of nitrogens with one attached hydrogen (secondary N) is 1. The molecule has 0 rings (SSSR count). The van der Waals surface area contributed by atoms with Crippen LogP contribution in [0.5, 0.6) is 0 Å². The Hall–Kier alpha value is -0.0151. The lowest BCUT2D eigenvalue weighted by Crippen LogP contribution is -2.30. The highest BCUT2D eigenvalue weighted by molar-refractivity contribution is 6.36. The van der Waals surface area contributed by atoms with Gasteiger partial charge < -0.3 is 4.84 Å². The summed E-state index contributed by atoms with van der Waals surface area (Å²) >= 11 is 0. The van der Waals surface area contributed by atoms with Crippen molar-refractivity contribution in [3.63, 3.8) is 0 Å². The van der Waals surface area contributed by atoms with Crippen molar-refractivity contribution >= 4 is 7.41 Å². The minimum atomic E-state index is 0.413. The average Bonchev–Trinajstić information content (AvgIpc) is 2.41. The fourth-order valence-electron chi connectivity index (χ4n) is 2.68. The van der Waals surface area contributed by atoms with Gasteiger partial charge in [-0.05, 0) is 5.31 Å². The van der Waals surface area contributed by atoms with Crippen molar-refractivity contribution in [3.8, 4) is 0 Å². The summed E-state index contributed by atoms with van der Waals surface area (Å²) in [5.41, 5.74) is 0. The average molecular weight is 269 g/mol. The van der Waals surface area contributed by atoms with Gasteiger partial charge in [-0.1, -0.05) is 91.4 Å². The number of hydrogen-bond donors (Lipinski definition) is 1. The molecule has 0 aromatic carbocycles. The molecule has 0 saturated heterocycles. The zero-order valence-corrected chi connectivity index (χ0v) is 13.9.